The lowest BCUT2D eigenvalue weighted by Gasteiger charge is -2.16. The molecule has 158 valence electrons. The van der Waals surface area contributed by atoms with E-state index in [1.165, 1.54) is 11.8 Å². The molecule has 0 radical (unpaired) electrons. The molecule has 0 bridgehead atoms. The average Bonchev–Trinajstić information content (AvgIpc) is 3.13. The first-order valence-corrected chi connectivity index (χ1v) is 11.0. The van der Waals surface area contributed by atoms with Gasteiger partial charge >= 0.3 is 0 Å². The Hall–Kier alpha value is -2.80. The third kappa shape index (κ3) is 5.21. The van der Waals surface area contributed by atoms with Gasteiger partial charge in [-0.15, -0.1) is 10.2 Å². The fourth-order valence-corrected chi connectivity index (χ4v) is 3.96. The summed E-state index contributed by atoms with van der Waals surface area (Å²) in [6.07, 6.45) is -0.252. The van der Waals surface area contributed by atoms with Gasteiger partial charge in [0.2, 0.25) is 5.91 Å². The molecule has 0 aliphatic carbocycles. The first-order valence-electron chi connectivity index (χ1n) is 10.0. The molecule has 0 aliphatic heterocycles. The monoisotopic (exact) mass is 424 g/mol. The Morgan fingerprint density at radius 1 is 1.17 bits per heavy atom. The summed E-state index contributed by atoms with van der Waals surface area (Å²) in [6.45, 7) is 10.8. The topological polar surface area (TPSA) is 69.0 Å². The van der Waals surface area contributed by atoms with Crippen molar-refractivity contribution in [1.82, 2.24) is 14.8 Å². The molecule has 1 atom stereocenters. The zero-order valence-corrected chi connectivity index (χ0v) is 18.9. The molecule has 30 heavy (non-hydrogen) atoms. The molecule has 7 heteroatoms. The van der Waals surface area contributed by atoms with Gasteiger partial charge in [-0.1, -0.05) is 36.0 Å². The standard InChI is InChI=1S/C23H28N4O2S/c1-6-27-22(18(5)29-19-11-7-9-15(2)13-19)25-26-23(27)30-14-21(28)24-20-12-8-10-16(3)17(20)4/h7-13,18H,6,14H2,1-5H3,(H,24,28). The molecule has 2 aromatic carbocycles. The molecule has 0 saturated heterocycles. The number of carbonyl (C=O) groups excluding carboxylic acids is 1. The summed E-state index contributed by atoms with van der Waals surface area (Å²) in [5.74, 6) is 1.75. The van der Waals surface area contributed by atoms with Gasteiger partial charge in [-0.25, -0.2) is 0 Å². The van der Waals surface area contributed by atoms with E-state index in [2.05, 4.69) is 15.5 Å². The molecular weight excluding hydrogens is 396 g/mol. The lowest BCUT2D eigenvalue weighted by Crippen LogP contribution is -2.16. The summed E-state index contributed by atoms with van der Waals surface area (Å²) in [6, 6.07) is 13.8. The Morgan fingerprint density at radius 2 is 1.93 bits per heavy atom. The van der Waals surface area contributed by atoms with Crippen molar-refractivity contribution >= 4 is 23.4 Å². The maximum atomic E-state index is 12.4. The Labute approximate surface area is 182 Å². The van der Waals surface area contributed by atoms with Crippen molar-refractivity contribution < 1.29 is 9.53 Å². The summed E-state index contributed by atoms with van der Waals surface area (Å²) in [4.78, 5) is 12.4. The molecule has 3 rings (SSSR count). The van der Waals surface area contributed by atoms with Crippen molar-refractivity contribution in [3.63, 3.8) is 0 Å². The van der Waals surface area contributed by atoms with E-state index in [1.807, 2.05) is 81.7 Å². The summed E-state index contributed by atoms with van der Waals surface area (Å²) in [5.41, 5.74) is 4.22. The van der Waals surface area contributed by atoms with Gasteiger partial charge in [0.25, 0.3) is 0 Å². The second-order valence-electron chi connectivity index (χ2n) is 7.25. The highest BCUT2D eigenvalue weighted by atomic mass is 32.2. The van der Waals surface area contributed by atoms with Crippen molar-refractivity contribution in [2.75, 3.05) is 11.1 Å². The van der Waals surface area contributed by atoms with Crippen molar-refractivity contribution in [1.29, 1.82) is 0 Å². The van der Waals surface area contributed by atoms with Gasteiger partial charge in [0.05, 0.1) is 5.75 Å². The van der Waals surface area contributed by atoms with Gasteiger partial charge in [0.1, 0.15) is 5.75 Å². The van der Waals surface area contributed by atoms with E-state index in [4.69, 9.17) is 4.74 Å². The number of nitrogens with zero attached hydrogens (tertiary/aromatic N) is 3. The molecule has 0 saturated carbocycles. The summed E-state index contributed by atoms with van der Waals surface area (Å²) in [5, 5.41) is 12.3. The third-order valence-corrected chi connectivity index (χ3v) is 5.91. The highest BCUT2D eigenvalue weighted by Crippen LogP contribution is 2.25. The largest absolute Gasteiger partial charge is 0.483 e. The van der Waals surface area contributed by atoms with Crippen LogP contribution in [0.5, 0.6) is 5.75 Å². The third-order valence-electron chi connectivity index (χ3n) is 4.94. The molecule has 0 aliphatic rings. The highest BCUT2D eigenvalue weighted by Gasteiger charge is 2.19. The van der Waals surface area contributed by atoms with Gasteiger partial charge in [-0.2, -0.15) is 0 Å². The number of amides is 1. The van der Waals surface area contributed by atoms with Crippen LogP contribution in [-0.2, 0) is 11.3 Å². The predicted octanol–water partition coefficient (Wildman–Crippen LogP) is 5.09. The number of anilines is 1. The van der Waals surface area contributed by atoms with Gasteiger partial charge in [-0.3, -0.25) is 4.79 Å². The van der Waals surface area contributed by atoms with E-state index >= 15 is 0 Å². The molecule has 6 nitrogen and oxygen atoms in total. The van der Waals surface area contributed by atoms with Crippen molar-refractivity contribution in [2.45, 2.75) is 52.4 Å². The van der Waals surface area contributed by atoms with Crippen molar-refractivity contribution in [2.24, 2.45) is 0 Å². The first kappa shape index (κ1) is 21.9. The molecule has 3 aromatic rings. The van der Waals surface area contributed by atoms with Crippen LogP contribution in [-0.4, -0.2) is 26.4 Å². The number of ether oxygens (including phenoxy) is 1. The number of benzene rings is 2. The van der Waals surface area contributed by atoms with E-state index in [0.717, 1.165) is 34.0 Å². The smallest absolute Gasteiger partial charge is 0.234 e. The second kappa shape index (κ2) is 9.80. The number of hydrogen-bond acceptors (Lipinski definition) is 5. The number of aryl methyl sites for hydroxylation is 2. The van der Waals surface area contributed by atoms with Crippen LogP contribution in [0.2, 0.25) is 0 Å². The van der Waals surface area contributed by atoms with E-state index in [9.17, 15) is 4.79 Å². The molecule has 1 N–H and O–H groups in total. The molecule has 1 aromatic heterocycles. The van der Waals surface area contributed by atoms with Crippen LogP contribution >= 0.6 is 11.8 Å². The summed E-state index contributed by atoms with van der Waals surface area (Å²) < 4.78 is 8.05. The van der Waals surface area contributed by atoms with E-state index < -0.39 is 0 Å². The number of thioether (sulfide) groups is 1. The van der Waals surface area contributed by atoms with Gasteiger partial charge < -0.3 is 14.6 Å². The Bertz CT molecular complexity index is 1030. The molecular formula is C23H28N4O2S. The highest BCUT2D eigenvalue weighted by molar-refractivity contribution is 7.99. The summed E-state index contributed by atoms with van der Waals surface area (Å²) in [7, 11) is 0. The van der Waals surface area contributed by atoms with Gasteiger partial charge in [-0.05, 0) is 69.5 Å². The minimum Gasteiger partial charge on any atom is -0.483 e. The number of nitrogens with one attached hydrogen (secondary N) is 1. The minimum absolute atomic E-state index is 0.0648. The van der Waals surface area contributed by atoms with E-state index in [-0.39, 0.29) is 17.8 Å². The van der Waals surface area contributed by atoms with Crippen LogP contribution in [0.1, 0.15) is 42.5 Å². The molecule has 1 amide bonds. The lowest BCUT2D eigenvalue weighted by molar-refractivity contribution is -0.113. The fraction of sp³-hybridized carbons (Fsp3) is 0.348. The van der Waals surface area contributed by atoms with E-state index in [0.29, 0.717) is 11.7 Å². The fourth-order valence-electron chi connectivity index (χ4n) is 3.15. The van der Waals surface area contributed by atoms with Crippen LogP contribution in [0.15, 0.2) is 47.6 Å². The maximum Gasteiger partial charge on any atom is 0.234 e. The van der Waals surface area contributed by atoms with Crippen molar-refractivity contribution in [3.05, 3.63) is 65.0 Å². The molecule has 1 heterocycles. The predicted molar refractivity (Wildman–Crippen MR) is 121 cm³/mol. The number of hydrogen-bond donors (Lipinski definition) is 1. The Morgan fingerprint density at radius 3 is 2.67 bits per heavy atom. The average molecular weight is 425 g/mol. The van der Waals surface area contributed by atoms with Gasteiger partial charge in [0, 0.05) is 12.2 Å². The Kier molecular flexibility index (Phi) is 7.15. The molecule has 0 spiro atoms. The quantitative estimate of drug-likeness (QED) is 0.510. The maximum absolute atomic E-state index is 12.4. The molecule has 1 unspecified atom stereocenters. The van der Waals surface area contributed by atoms with Gasteiger partial charge in [0.15, 0.2) is 17.1 Å². The lowest BCUT2D eigenvalue weighted by atomic mass is 10.1. The van der Waals surface area contributed by atoms with Crippen LogP contribution in [0, 0.1) is 20.8 Å². The zero-order valence-electron chi connectivity index (χ0n) is 18.1. The Balaban J connectivity index is 1.65. The van der Waals surface area contributed by atoms with E-state index in [1.54, 1.807) is 0 Å². The van der Waals surface area contributed by atoms with Crippen molar-refractivity contribution in [3.8, 4) is 5.75 Å². The summed E-state index contributed by atoms with van der Waals surface area (Å²) >= 11 is 1.38. The number of carbonyl (C=O) groups is 1. The van der Waals surface area contributed by atoms with Crippen LogP contribution in [0.3, 0.4) is 0 Å². The first-order chi connectivity index (χ1) is 14.4. The van der Waals surface area contributed by atoms with Crippen LogP contribution in [0.25, 0.3) is 0 Å². The zero-order chi connectivity index (χ0) is 21.7. The number of aromatic nitrogens is 3. The number of rotatable bonds is 8. The minimum atomic E-state index is -0.252. The SMILES string of the molecule is CCn1c(SCC(=O)Nc2cccc(C)c2C)nnc1C(C)Oc1cccc(C)c1. The normalized spacial score (nSPS) is 11.9. The van der Waals surface area contributed by atoms with Crippen LogP contribution < -0.4 is 10.1 Å². The van der Waals surface area contributed by atoms with Crippen LogP contribution in [0.4, 0.5) is 5.69 Å². The second-order valence-corrected chi connectivity index (χ2v) is 8.19. The molecule has 0 fully saturated rings.